The molecule has 0 radical (unpaired) electrons. The van der Waals surface area contributed by atoms with Crippen LogP contribution in [0.2, 0.25) is 0 Å². The Morgan fingerprint density at radius 2 is 1.68 bits per heavy atom. The largest absolute Gasteiger partial charge is 0.476 e. The van der Waals surface area contributed by atoms with Crippen molar-refractivity contribution >= 4 is 16.3 Å². The first-order valence-electron chi connectivity index (χ1n) is 5.94. The maximum Gasteiger partial charge on any atom is 0.429 e. The summed E-state index contributed by atoms with van der Waals surface area (Å²) in [6, 6.07) is 0.256. The number of aryl methyl sites for hydroxylation is 1. The number of ether oxygens (including phenoxy) is 1. The molecule has 0 aromatic heterocycles. The van der Waals surface area contributed by atoms with Gasteiger partial charge in [0.15, 0.2) is 0 Å². The van der Waals surface area contributed by atoms with Crippen molar-refractivity contribution in [2.75, 3.05) is 0 Å². The first kappa shape index (κ1) is 16.9. The number of alkyl halides is 3. The van der Waals surface area contributed by atoms with E-state index in [0.717, 1.165) is 0 Å². The van der Waals surface area contributed by atoms with Gasteiger partial charge in [-0.1, -0.05) is 32.4 Å². The molecule has 1 aromatic carbocycles. The van der Waals surface area contributed by atoms with Crippen LogP contribution in [-0.2, 0) is 6.42 Å². The molecule has 1 aliphatic rings. The molecule has 1 heterocycles. The standard InChI is InChI=1S/C12H10F8OS/c1-2-7-5-9(22(16,17,18,19)20)6-8-3-4-10(12(13,14)15)21-11(7)8/h3-6,10H,2H2,1H3. The number of hydrogen-bond donors (Lipinski definition) is 0. The van der Waals surface area contributed by atoms with Crippen molar-refractivity contribution in [3.05, 3.63) is 29.3 Å². The molecule has 0 spiro atoms. The van der Waals surface area contributed by atoms with Crippen LogP contribution in [0.25, 0.3) is 6.08 Å². The minimum atomic E-state index is -9.92. The van der Waals surface area contributed by atoms with Crippen LogP contribution in [0.1, 0.15) is 18.1 Å². The average Bonchev–Trinajstić information content (AvgIpc) is 2.32. The molecule has 0 saturated heterocycles. The highest BCUT2D eigenvalue weighted by atomic mass is 32.5. The molecule has 0 fully saturated rings. The van der Waals surface area contributed by atoms with E-state index in [1.54, 1.807) is 0 Å². The van der Waals surface area contributed by atoms with Gasteiger partial charge in [0, 0.05) is 5.56 Å². The summed E-state index contributed by atoms with van der Waals surface area (Å²) >= 11 is 0. The molecule has 10 heteroatoms. The summed E-state index contributed by atoms with van der Waals surface area (Å²) in [5.41, 5.74) is -0.817. The molecule has 1 nitrogen and oxygen atoms in total. The van der Waals surface area contributed by atoms with Gasteiger partial charge in [0.05, 0.1) is 0 Å². The van der Waals surface area contributed by atoms with Gasteiger partial charge in [-0.25, -0.2) is 0 Å². The summed E-state index contributed by atoms with van der Waals surface area (Å²) in [6.07, 6.45) is -6.07. The molecule has 1 aromatic rings. The highest BCUT2D eigenvalue weighted by Crippen LogP contribution is 3.02. The van der Waals surface area contributed by atoms with Crippen molar-refractivity contribution < 1.29 is 37.3 Å². The number of hydrogen-bond acceptors (Lipinski definition) is 1. The summed E-state index contributed by atoms with van der Waals surface area (Å²) in [7, 11) is -9.92. The molecule has 0 N–H and O–H groups in total. The van der Waals surface area contributed by atoms with Crippen molar-refractivity contribution in [1.29, 1.82) is 0 Å². The fourth-order valence-electron chi connectivity index (χ4n) is 1.97. The van der Waals surface area contributed by atoms with Crippen LogP contribution >= 0.6 is 10.2 Å². The van der Waals surface area contributed by atoms with Crippen molar-refractivity contribution in [2.45, 2.75) is 30.5 Å². The molecule has 1 unspecified atom stereocenters. The zero-order valence-corrected chi connectivity index (χ0v) is 11.8. The summed E-state index contributed by atoms with van der Waals surface area (Å²) < 4.78 is 107. The Labute approximate surface area is 120 Å². The number of fused-ring (bicyclic) bond motifs is 1. The van der Waals surface area contributed by atoms with Crippen molar-refractivity contribution in [3.8, 4) is 5.75 Å². The van der Waals surface area contributed by atoms with Crippen LogP contribution in [0, 0.1) is 0 Å². The SMILES string of the molecule is CCc1cc(S(F)(F)(F)(F)F)cc2c1OC(C(F)(F)F)C=C2. The molecule has 0 bridgehead atoms. The van der Waals surface area contributed by atoms with Gasteiger partial charge in [0.1, 0.15) is 10.6 Å². The predicted octanol–water partition coefficient (Wildman–Crippen LogP) is 6.24. The lowest BCUT2D eigenvalue weighted by atomic mass is 10.0. The smallest absolute Gasteiger partial charge is 0.429 e. The molecular formula is C12H10F8OS. The van der Waals surface area contributed by atoms with Gasteiger partial charge < -0.3 is 4.74 Å². The molecule has 2 rings (SSSR count). The van der Waals surface area contributed by atoms with Crippen molar-refractivity contribution in [2.24, 2.45) is 0 Å². The van der Waals surface area contributed by atoms with E-state index in [1.165, 1.54) is 6.92 Å². The second kappa shape index (κ2) is 4.09. The number of halogens is 8. The number of benzene rings is 1. The molecule has 0 amide bonds. The van der Waals surface area contributed by atoms with Gasteiger partial charge in [-0.2, -0.15) is 13.2 Å². The van der Waals surface area contributed by atoms with Crippen LogP contribution in [0.3, 0.4) is 0 Å². The molecule has 0 saturated carbocycles. The maximum absolute atomic E-state index is 12.9. The first-order valence-corrected chi connectivity index (χ1v) is 7.89. The summed E-state index contributed by atoms with van der Waals surface area (Å²) in [5.74, 6) is -0.460. The quantitative estimate of drug-likeness (QED) is 0.571. The van der Waals surface area contributed by atoms with E-state index >= 15 is 0 Å². The summed E-state index contributed by atoms with van der Waals surface area (Å²) in [6.45, 7) is 1.33. The Balaban J connectivity index is 2.61. The minimum Gasteiger partial charge on any atom is -0.476 e. The monoisotopic (exact) mass is 354 g/mol. The second-order valence-electron chi connectivity index (χ2n) is 4.76. The molecule has 0 aliphatic carbocycles. The van der Waals surface area contributed by atoms with E-state index in [1.807, 2.05) is 0 Å². The molecule has 126 valence electrons. The lowest BCUT2D eigenvalue weighted by Crippen LogP contribution is -2.34. The zero-order chi connectivity index (χ0) is 17.0. The van der Waals surface area contributed by atoms with Gasteiger partial charge in [-0.3, -0.25) is 0 Å². The van der Waals surface area contributed by atoms with E-state index in [-0.39, 0.29) is 24.1 Å². The summed E-state index contributed by atoms with van der Waals surface area (Å²) in [5, 5.41) is 0. The van der Waals surface area contributed by atoms with Gasteiger partial charge in [-0.15, -0.1) is 0 Å². The predicted molar refractivity (Wildman–Crippen MR) is 66.7 cm³/mol. The van der Waals surface area contributed by atoms with Crippen LogP contribution in [-0.4, -0.2) is 12.3 Å². The van der Waals surface area contributed by atoms with Gasteiger partial charge >= 0.3 is 16.4 Å². The van der Waals surface area contributed by atoms with Crippen LogP contribution < -0.4 is 4.74 Å². The van der Waals surface area contributed by atoms with E-state index in [2.05, 4.69) is 4.74 Å². The summed E-state index contributed by atoms with van der Waals surface area (Å²) in [4.78, 5) is -2.14. The van der Waals surface area contributed by atoms with Gasteiger partial charge in [0.2, 0.25) is 6.10 Å². The van der Waals surface area contributed by atoms with Gasteiger partial charge in [-0.05, 0) is 30.2 Å². The Hall–Kier alpha value is -1.45. The highest BCUT2D eigenvalue weighted by Gasteiger charge is 2.65. The fraction of sp³-hybridized carbons (Fsp3) is 0.333. The topological polar surface area (TPSA) is 9.23 Å². The zero-order valence-electron chi connectivity index (χ0n) is 10.9. The Morgan fingerprint density at radius 1 is 1.09 bits per heavy atom. The first-order chi connectivity index (χ1) is 9.61. The lowest BCUT2D eigenvalue weighted by Gasteiger charge is -2.41. The van der Waals surface area contributed by atoms with Crippen molar-refractivity contribution in [1.82, 2.24) is 0 Å². The third-order valence-electron chi connectivity index (χ3n) is 3.01. The van der Waals surface area contributed by atoms with Crippen LogP contribution in [0.15, 0.2) is 23.1 Å². The lowest BCUT2D eigenvalue weighted by molar-refractivity contribution is -0.180. The van der Waals surface area contributed by atoms with Crippen LogP contribution in [0.5, 0.6) is 5.75 Å². The van der Waals surface area contributed by atoms with E-state index in [0.29, 0.717) is 12.2 Å². The Kier molecular flexibility index (Phi) is 3.15. The average molecular weight is 354 g/mol. The molecule has 1 aliphatic heterocycles. The Bertz CT molecular complexity index is 644. The fourth-order valence-corrected chi connectivity index (χ4v) is 2.68. The highest BCUT2D eigenvalue weighted by molar-refractivity contribution is 8.45. The second-order valence-corrected chi connectivity index (χ2v) is 7.17. The third kappa shape index (κ3) is 3.31. The number of rotatable bonds is 2. The Morgan fingerprint density at radius 3 is 2.14 bits per heavy atom. The molecular weight excluding hydrogens is 344 g/mol. The molecule has 22 heavy (non-hydrogen) atoms. The van der Waals surface area contributed by atoms with Crippen molar-refractivity contribution in [3.63, 3.8) is 0 Å². The van der Waals surface area contributed by atoms with E-state index < -0.39 is 38.7 Å². The third-order valence-corrected chi connectivity index (χ3v) is 4.14. The van der Waals surface area contributed by atoms with E-state index in [4.69, 9.17) is 0 Å². The van der Waals surface area contributed by atoms with E-state index in [9.17, 15) is 32.6 Å². The normalized spacial score (nSPS) is 21.6. The van der Waals surface area contributed by atoms with Crippen LogP contribution in [0.4, 0.5) is 32.6 Å². The van der Waals surface area contributed by atoms with Gasteiger partial charge in [0.25, 0.3) is 0 Å². The minimum absolute atomic E-state index is 0.110. The maximum atomic E-state index is 12.9. The molecule has 1 atom stereocenters.